The molecule has 0 fully saturated rings. The van der Waals surface area contributed by atoms with Crippen molar-refractivity contribution in [2.45, 2.75) is 47.1 Å². The Morgan fingerprint density at radius 1 is 1.20 bits per heavy atom. The molecule has 0 saturated heterocycles. The van der Waals surface area contributed by atoms with E-state index in [4.69, 9.17) is 0 Å². The summed E-state index contributed by atoms with van der Waals surface area (Å²) in [6, 6.07) is 4.23. The lowest BCUT2D eigenvalue weighted by molar-refractivity contribution is 0.149. The number of rotatable bonds is 10. The van der Waals surface area contributed by atoms with Crippen molar-refractivity contribution in [2.24, 2.45) is 5.41 Å². The van der Waals surface area contributed by atoms with E-state index in [2.05, 4.69) is 55.0 Å². The van der Waals surface area contributed by atoms with Crippen molar-refractivity contribution >= 4 is 0 Å². The summed E-state index contributed by atoms with van der Waals surface area (Å²) < 4.78 is 0. The molecule has 3 nitrogen and oxygen atoms in total. The minimum atomic E-state index is 0.355. The van der Waals surface area contributed by atoms with Gasteiger partial charge >= 0.3 is 0 Å². The van der Waals surface area contributed by atoms with E-state index < -0.39 is 0 Å². The molecular weight excluding hydrogens is 246 g/mol. The van der Waals surface area contributed by atoms with Crippen LogP contribution in [0.1, 0.15) is 46.1 Å². The highest BCUT2D eigenvalue weighted by Gasteiger charge is 2.25. The van der Waals surface area contributed by atoms with Gasteiger partial charge < -0.3 is 5.32 Å². The fourth-order valence-corrected chi connectivity index (χ4v) is 2.82. The number of pyridine rings is 1. The average molecular weight is 277 g/mol. The van der Waals surface area contributed by atoms with Crippen LogP contribution in [0.5, 0.6) is 0 Å². The molecule has 1 aromatic rings. The summed E-state index contributed by atoms with van der Waals surface area (Å²) >= 11 is 0. The van der Waals surface area contributed by atoms with Gasteiger partial charge in [0, 0.05) is 32.0 Å². The van der Waals surface area contributed by atoms with Crippen molar-refractivity contribution in [1.82, 2.24) is 15.2 Å². The molecule has 1 N–H and O–H groups in total. The van der Waals surface area contributed by atoms with Crippen LogP contribution in [0.2, 0.25) is 0 Å². The van der Waals surface area contributed by atoms with E-state index in [1.165, 1.54) is 18.4 Å². The quantitative estimate of drug-likeness (QED) is 0.711. The molecule has 1 unspecified atom stereocenters. The molecule has 0 aliphatic rings. The van der Waals surface area contributed by atoms with E-state index in [9.17, 15) is 0 Å². The first-order chi connectivity index (χ1) is 9.63. The van der Waals surface area contributed by atoms with Crippen LogP contribution < -0.4 is 5.32 Å². The van der Waals surface area contributed by atoms with Crippen molar-refractivity contribution < 1.29 is 0 Å². The number of nitrogens with zero attached hydrogens (tertiary/aromatic N) is 2. The van der Waals surface area contributed by atoms with Gasteiger partial charge in [0.2, 0.25) is 0 Å². The molecule has 3 heteroatoms. The average Bonchev–Trinajstić information content (AvgIpc) is 2.46. The van der Waals surface area contributed by atoms with Crippen LogP contribution in [-0.2, 0) is 6.54 Å². The fourth-order valence-electron chi connectivity index (χ4n) is 2.82. The zero-order valence-electron chi connectivity index (χ0n) is 13.7. The zero-order valence-corrected chi connectivity index (χ0v) is 13.7. The maximum absolute atomic E-state index is 4.09. The molecule has 20 heavy (non-hydrogen) atoms. The topological polar surface area (TPSA) is 28.2 Å². The Hall–Kier alpha value is -0.930. The van der Waals surface area contributed by atoms with Gasteiger partial charge in [0.05, 0.1) is 0 Å². The van der Waals surface area contributed by atoms with Crippen LogP contribution in [0, 0.1) is 5.41 Å². The van der Waals surface area contributed by atoms with Crippen molar-refractivity contribution in [1.29, 1.82) is 0 Å². The normalized spacial score (nSPS) is 14.4. The SMILES string of the molecule is CCCC(C)(CNCC)CN(CC)Cc1ccncc1. The highest BCUT2D eigenvalue weighted by molar-refractivity contribution is 5.09. The van der Waals surface area contributed by atoms with Gasteiger partial charge in [-0.1, -0.05) is 34.1 Å². The maximum Gasteiger partial charge on any atom is 0.0271 e. The van der Waals surface area contributed by atoms with Crippen molar-refractivity contribution in [3.8, 4) is 0 Å². The number of hydrogen-bond acceptors (Lipinski definition) is 3. The molecule has 0 radical (unpaired) electrons. The molecule has 0 bridgehead atoms. The summed E-state index contributed by atoms with van der Waals surface area (Å²) in [5, 5.41) is 3.53. The third-order valence-corrected chi connectivity index (χ3v) is 3.86. The Kier molecular flexibility index (Phi) is 7.78. The molecule has 0 aliphatic heterocycles. The minimum Gasteiger partial charge on any atom is -0.316 e. The highest BCUT2D eigenvalue weighted by atomic mass is 15.1. The molecule has 0 aromatic carbocycles. The minimum absolute atomic E-state index is 0.355. The Morgan fingerprint density at radius 3 is 2.45 bits per heavy atom. The van der Waals surface area contributed by atoms with E-state index in [0.29, 0.717) is 5.41 Å². The van der Waals surface area contributed by atoms with Crippen molar-refractivity contribution in [2.75, 3.05) is 26.2 Å². The standard InChI is InChI=1S/C17H31N3/c1-5-10-17(4,14-18-6-2)15-20(7-3)13-16-8-11-19-12-9-16/h8-9,11-12,18H,5-7,10,13-15H2,1-4H3. The van der Waals surface area contributed by atoms with Gasteiger partial charge in [-0.05, 0) is 42.6 Å². The van der Waals surface area contributed by atoms with Crippen LogP contribution >= 0.6 is 0 Å². The van der Waals surface area contributed by atoms with Crippen molar-refractivity contribution in [3.63, 3.8) is 0 Å². The van der Waals surface area contributed by atoms with E-state index in [-0.39, 0.29) is 0 Å². The van der Waals surface area contributed by atoms with Gasteiger partial charge in [0.25, 0.3) is 0 Å². The first-order valence-corrected chi connectivity index (χ1v) is 7.95. The second kappa shape index (κ2) is 9.09. The van der Waals surface area contributed by atoms with Gasteiger partial charge in [-0.15, -0.1) is 0 Å². The van der Waals surface area contributed by atoms with Crippen LogP contribution in [0.3, 0.4) is 0 Å². The van der Waals surface area contributed by atoms with E-state index in [1.807, 2.05) is 12.4 Å². The van der Waals surface area contributed by atoms with Crippen LogP contribution in [-0.4, -0.2) is 36.1 Å². The molecule has 1 atom stereocenters. The van der Waals surface area contributed by atoms with Gasteiger partial charge in [-0.3, -0.25) is 9.88 Å². The summed E-state index contributed by atoms with van der Waals surface area (Å²) in [5.74, 6) is 0. The first kappa shape index (κ1) is 17.1. The Bertz CT molecular complexity index is 353. The summed E-state index contributed by atoms with van der Waals surface area (Å²) in [6.45, 7) is 14.5. The van der Waals surface area contributed by atoms with Gasteiger partial charge in [-0.2, -0.15) is 0 Å². The van der Waals surface area contributed by atoms with Gasteiger partial charge in [0.15, 0.2) is 0 Å². The molecule has 0 amide bonds. The number of hydrogen-bond donors (Lipinski definition) is 1. The van der Waals surface area contributed by atoms with E-state index >= 15 is 0 Å². The Labute approximate surface area is 124 Å². The molecule has 1 heterocycles. The lowest BCUT2D eigenvalue weighted by Crippen LogP contribution is -2.42. The summed E-state index contributed by atoms with van der Waals surface area (Å²) in [4.78, 5) is 6.64. The van der Waals surface area contributed by atoms with Crippen LogP contribution in [0.15, 0.2) is 24.5 Å². The molecule has 114 valence electrons. The lowest BCUT2D eigenvalue weighted by atomic mass is 9.84. The summed E-state index contributed by atoms with van der Waals surface area (Å²) in [6.07, 6.45) is 6.28. The van der Waals surface area contributed by atoms with E-state index in [0.717, 1.165) is 32.7 Å². The third-order valence-electron chi connectivity index (χ3n) is 3.86. The first-order valence-electron chi connectivity index (χ1n) is 7.95. The second-order valence-electron chi connectivity index (χ2n) is 6.00. The van der Waals surface area contributed by atoms with Crippen LogP contribution in [0.25, 0.3) is 0 Å². The zero-order chi connectivity index (χ0) is 14.8. The molecule has 0 saturated carbocycles. The molecular formula is C17H31N3. The third kappa shape index (κ3) is 6.02. The van der Waals surface area contributed by atoms with Gasteiger partial charge in [-0.25, -0.2) is 0 Å². The molecule has 0 aliphatic carbocycles. The maximum atomic E-state index is 4.09. The van der Waals surface area contributed by atoms with Crippen molar-refractivity contribution in [3.05, 3.63) is 30.1 Å². The lowest BCUT2D eigenvalue weighted by Gasteiger charge is -2.35. The smallest absolute Gasteiger partial charge is 0.0271 e. The highest BCUT2D eigenvalue weighted by Crippen LogP contribution is 2.24. The summed E-state index contributed by atoms with van der Waals surface area (Å²) in [5.41, 5.74) is 1.71. The molecule has 1 aromatic heterocycles. The molecule has 1 rings (SSSR count). The summed E-state index contributed by atoms with van der Waals surface area (Å²) in [7, 11) is 0. The second-order valence-corrected chi connectivity index (χ2v) is 6.00. The Balaban J connectivity index is 2.63. The Morgan fingerprint density at radius 2 is 1.90 bits per heavy atom. The number of aromatic nitrogens is 1. The molecule has 0 spiro atoms. The van der Waals surface area contributed by atoms with E-state index in [1.54, 1.807) is 0 Å². The monoisotopic (exact) mass is 277 g/mol. The van der Waals surface area contributed by atoms with Crippen LogP contribution in [0.4, 0.5) is 0 Å². The largest absolute Gasteiger partial charge is 0.316 e. The van der Waals surface area contributed by atoms with Gasteiger partial charge in [0.1, 0.15) is 0 Å². The fraction of sp³-hybridized carbons (Fsp3) is 0.706. The number of nitrogens with one attached hydrogen (secondary N) is 1. The predicted octanol–water partition coefficient (Wildman–Crippen LogP) is 3.32. The predicted molar refractivity (Wildman–Crippen MR) is 86.7 cm³/mol.